The highest BCUT2D eigenvalue weighted by molar-refractivity contribution is 7.09. The van der Waals surface area contributed by atoms with Crippen LogP contribution in [0.3, 0.4) is 0 Å². The summed E-state index contributed by atoms with van der Waals surface area (Å²) in [4.78, 5) is 30.7. The molecule has 7 heteroatoms. The first-order valence-corrected chi connectivity index (χ1v) is 12.1. The molecule has 0 spiro atoms. The van der Waals surface area contributed by atoms with Crippen LogP contribution in [-0.4, -0.2) is 55.5 Å². The van der Waals surface area contributed by atoms with Gasteiger partial charge in [-0.05, 0) is 42.0 Å². The van der Waals surface area contributed by atoms with Gasteiger partial charge < -0.3 is 19.3 Å². The smallest absolute Gasteiger partial charge is 0.242 e. The standard InChI is InChI=1S/C25H36N2O4S/c1-6-7-13-27(25(29)19(2)3)18-24(28)26(17-21-9-8-15-32-21)14-12-20-10-11-22(30-4)23(16-20)31-5/h8-11,15-16,19H,6-7,12-14,17-18H2,1-5H3. The van der Waals surface area contributed by atoms with Gasteiger partial charge in [0.15, 0.2) is 11.5 Å². The zero-order valence-electron chi connectivity index (χ0n) is 19.9. The minimum Gasteiger partial charge on any atom is -0.493 e. The van der Waals surface area contributed by atoms with Crippen molar-refractivity contribution >= 4 is 23.2 Å². The van der Waals surface area contributed by atoms with Crippen LogP contribution in [0.2, 0.25) is 0 Å². The number of unbranched alkanes of at least 4 members (excludes halogenated alkanes) is 1. The summed E-state index contributed by atoms with van der Waals surface area (Å²) in [6, 6.07) is 9.85. The van der Waals surface area contributed by atoms with Crippen LogP contribution >= 0.6 is 11.3 Å². The Hall–Kier alpha value is -2.54. The molecule has 1 heterocycles. The van der Waals surface area contributed by atoms with Crippen molar-refractivity contribution in [1.82, 2.24) is 9.80 Å². The number of ether oxygens (including phenoxy) is 2. The highest BCUT2D eigenvalue weighted by Crippen LogP contribution is 2.28. The molecule has 6 nitrogen and oxygen atoms in total. The third kappa shape index (κ3) is 7.55. The number of methoxy groups -OCH3 is 2. The molecule has 0 atom stereocenters. The van der Waals surface area contributed by atoms with Gasteiger partial charge >= 0.3 is 0 Å². The second kappa shape index (κ2) is 13.1. The van der Waals surface area contributed by atoms with Crippen LogP contribution in [0.15, 0.2) is 35.7 Å². The van der Waals surface area contributed by atoms with Crippen molar-refractivity contribution in [3.8, 4) is 11.5 Å². The Morgan fingerprint density at radius 1 is 1.03 bits per heavy atom. The van der Waals surface area contributed by atoms with Crippen molar-refractivity contribution in [2.45, 2.75) is 46.6 Å². The number of thiophene rings is 1. The van der Waals surface area contributed by atoms with Gasteiger partial charge in [-0.3, -0.25) is 9.59 Å². The summed E-state index contributed by atoms with van der Waals surface area (Å²) >= 11 is 1.63. The lowest BCUT2D eigenvalue weighted by Gasteiger charge is -2.28. The van der Waals surface area contributed by atoms with Gasteiger partial charge in [0.25, 0.3) is 0 Å². The molecule has 176 valence electrons. The molecule has 1 aromatic heterocycles. The van der Waals surface area contributed by atoms with E-state index in [-0.39, 0.29) is 24.3 Å². The zero-order valence-corrected chi connectivity index (χ0v) is 20.7. The molecular weight excluding hydrogens is 424 g/mol. The average molecular weight is 461 g/mol. The summed E-state index contributed by atoms with van der Waals surface area (Å²) in [5, 5.41) is 2.02. The Morgan fingerprint density at radius 3 is 2.38 bits per heavy atom. The van der Waals surface area contributed by atoms with Gasteiger partial charge in [-0.15, -0.1) is 11.3 Å². The predicted octanol–water partition coefficient (Wildman–Crippen LogP) is 4.62. The zero-order chi connectivity index (χ0) is 23.5. The van der Waals surface area contributed by atoms with E-state index in [1.54, 1.807) is 30.5 Å². The molecule has 0 unspecified atom stereocenters. The van der Waals surface area contributed by atoms with Crippen LogP contribution < -0.4 is 9.47 Å². The van der Waals surface area contributed by atoms with Gasteiger partial charge in [0.1, 0.15) is 0 Å². The molecule has 0 radical (unpaired) electrons. The van der Waals surface area contributed by atoms with E-state index >= 15 is 0 Å². The van der Waals surface area contributed by atoms with E-state index in [0.29, 0.717) is 37.6 Å². The number of benzene rings is 1. The van der Waals surface area contributed by atoms with Crippen molar-refractivity contribution in [3.05, 3.63) is 46.2 Å². The van der Waals surface area contributed by atoms with Crippen molar-refractivity contribution < 1.29 is 19.1 Å². The van der Waals surface area contributed by atoms with E-state index in [1.165, 1.54) is 0 Å². The van der Waals surface area contributed by atoms with E-state index in [2.05, 4.69) is 6.92 Å². The van der Waals surface area contributed by atoms with Gasteiger partial charge in [-0.2, -0.15) is 0 Å². The first-order valence-electron chi connectivity index (χ1n) is 11.2. The van der Waals surface area contributed by atoms with Crippen LogP contribution in [0.5, 0.6) is 11.5 Å². The summed E-state index contributed by atoms with van der Waals surface area (Å²) in [5.74, 6) is 1.24. The summed E-state index contributed by atoms with van der Waals surface area (Å²) in [6.07, 6.45) is 2.56. The molecule has 0 fully saturated rings. The van der Waals surface area contributed by atoms with Crippen LogP contribution in [0.1, 0.15) is 44.1 Å². The Balaban J connectivity index is 2.14. The van der Waals surface area contributed by atoms with Gasteiger partial charge in [0.2, 0.25) is 11.8 Å². The average Bonchev–Trinajstić information content (AvgIpc) is 3.31. The molecule has 0 N–H and O–H groups in total. The Morgan fingerprint density at radius 2 is 1.78 bits per heavy atom. The molecule has 2 rings (SSSR count). The topological polar surface area (TPSA) is 59.1 Å². The lowest BCUT2D eigenvalue weighted by Crippen LogP contribution is -2.44. The fourth-order valence-electron chi connectivity index (χ4n) is 3.43. The monoisotopic (exact) mass is 460 g/mol. The van der Waals surface area contributed by atoms with Crippen LogP contribution in [0.25, 0.3) is 0 Å². The molecule has 2 amide bonds. The molecule has 32 heavy (non-hydrogen) atoms. The second-order valence-corrected chi connectivity index (χ2v) is 9.13. The normalized spacial score (nSPS) is 10.8. The van der Waals surface area contributed by atoms with Crippen LogP contribution in [0.4, 0.5) is 0 Å². The number of carbonyl (C=O) groups excluding carboxylic acids is 2. The molecule has 1 aromatic carbocycles. The molecule has 0 aliphatic carbocycles. The number of hydrogen-bond acceptors (Lipinski definition) is 5. The largest absolute Gasteiger partial charge is 0.493 e. The van der Waals surface area contributed by atoms with E-state index in [9.17, 15) is 9.59 Å². The number of hydrogen-bond donors (Lipinski definition) is 0. The highest BCUT2D eigenvalue weighted by Gasteiger charge is 2.23. The molecule has 0 aliphatic rings. The van der Waals surface area contributed by atoms with Crippen LogP contribution in [0, 0.1) is 5.92 Å². The number of amides is 2. The van der Waals surface area contributed by atoms with Gasteiger partial charge in [-0.25, -0.2) is 0 Å². The molecule has 2 aromatic rings. The fraction of sp³-hybridized carbons (Fsp3) is 0.520. The quantitative estimate of drug-likeness (QED) is 0.438. The van der Waals surface area contributed by atoms with Crippen molar-refractivity contribution in [2.24, 2.45) is 5.92 Å². The Labute approximate surface area is 196 Å². The molecule has 0 saturated carbocycles. The highest BCUT2D eigenvalue weighted by atomic mass is 32.1. The molecule has 0 bridgehead atoms. The van der Waals surface area contributed by atoms with E-state index in [1.807, 2.05) is 54.5 Å². The Bertz CT molecular complexity index is 852. The number of carbonyl (C=O) groups is 2. The summed E-state index contributed by atoms with van der Waals surface area (Å²) < 4.78 is 10.7. The lowest BCUT2D eigenvalue weighted by molar-refractivity contribution is -0.142. The summed E-state index contributed by atoms with van der Waals surface area (Å²) in [5.41, 5.74) is 1.06. The molecule has 0 saturated heterocycles. The predicted molar refractivity (Wildman–Crippen MR) is 129 cm³/mol. The number of nitrogens with zero attached hydrogens (tertiary/aromatic N) is 2. The molecule has 0 aliphatic heterocycles. The van der Waals surface area contributed by atoms with Gasteiger partial charge in [-0.1, -0.05) is 39.3 Å². The van der Waals surface area contributed by atoms with E-state index in [4.69, 9.17) is 9.47 Å². The third-order valence-corrected chi connectivity index (χ3v) is 6.17. The maximum Gasteiger partial charge on any atom is 0.242 e. The maximum atomic E-state index is 13.3. The first-order chi connectivity index (χ1) is 15.4. The summed E-state index contributed by atoms with van der Waals surface area (Å²) in [6.45, 7) is 7.69. The first kappa shape index (κ1) is 25.7. The minimum absolute atomic E-state index is 0.0241. The fourth-order valence-corrected chi connectivity index (χ4v) is 4.15. The van der Waals surface area contributed by atoms with E-state index < -0.39 is 0 Å². The number of rotatable bonds is 13. The molecular formula is C25H36N2O4S. The second-order valence-electron chi connectivity index (χ2n) is 8.10. The van der Waals surface area contributed by atoms with E-state index in [0.717, 1.165) is 23.3 Å². The van der Waals surface area contributed by atoms with Gasteiger partial charge in [0.05, 0.1) is 27.3 Å². The van der Waals surface area contributed by atoms with Crippen molar-refractivity contribution in [1.29, 1.82) is 0 Å². The Kier molecular flexibility index (Phi) is 10.5. The summed E-state index contributed by atoms with van der Waals surface area (Å²) in [7, 11) is 3.23. The van der Waals surface area contributed by atoms with Crippen molar-refractivity contribution in [3.63, 3.8) is 0 Å². The third-order valence-electron chi connectivity index (χ3n) is 5.31. The minimum atomic E-state index is -0.128. The van der Waals surface area contributed by atoms with Crippen LogP contribution in [-0.2, 0) is 22.6 Å². The lowest BCUT2D eigenvalue weighted by atomic mass is 10.1. The maximum absolute atomic E-state index is 13.3. The van der Waals surface area contributed by atoms with Gasteiger partial charge in [0, 0.05) is 23.9 Å². The van der Waals surface area contributed by atoms with Crippen molar-refractivity contribution in [2.75, 3.05) is 33.9 Å². The SMILES string of the molecule is CCCCN(CC(=O)N(CCc1ccc(OC)c(OC)c1)Cc1cccs1)C(=O)C(C)C.